The van der Waals surface area contributed by atoms with E-state index in [1.54, 1.807) is 11.3 Å². The van der Waals surface area contributed by atoms with Crippen molar-refractivity contribution in [2.75, 3.05) is 0 Å². The smallest absolute Gasteiger partial charge is 0.150 e. The lowest BCUT2D eigenvalue weighted by Crippen LogP contribution is -2.00. The molecule has 96 valence electrons. The first-order chi connectivity index (χ1) is 9.24. The first-order valence-corrected chi connectivity index (χ1v) is 7.36. The largest absolute Gasteiger partial charge is 0.326 e. The predicted octanol–water partition coefficient (Wildman–Crippen LogP) is 4.97. The van der Waals surface area contributed by atoms with Crippen LogP contribution >= 0.6 is 34.5 Å². The van der Waals surface area contributed by atoms with E-state index in [-0.39, 0.29) is 0 Å². The number of rotatable bonds is 3. The second-order valence-electron chi connectivity index (χ2n) is 4.10. The van der Waals surface area contributed by atoms with Crippen molar-refractivity contribution in [3.63, 3.8) is 0 Å². The van der Waals surface area contributed by atoms with Gasteiger partial charge in [0.1, 0.15) is 5.82 Å². The lowest BCUT2D eigenvalue weighted by atomic mass is 10.2. The monoisotopic (exact) mass is 308 g/mol. The van der Waals surface area contributed by atoms with Crippen LogP contribution in [0.3, 0.4) is 0 Å². The van der Waals surface area contributed by atoms with Crippen LogP contribution < -0.4 is 0 Å². The van der Waals surface area contributed by atoms with E-state index in [4.69, 9.17) is 23.2 Å². The molecule has 0 unspecified atom stereocenters. The van der Waals surface area contributed by atoms with E-state index >= 15 is 0 Å². The average Bonchev–Trinajstić information content (AvgIpc) is 3.04. The highest BCUT2D eigenvalue weighted by Gasteiger charge is 2.08. The molecule has 0 spiro atoms. The van der Waals surface area contributed by atoms with E-state index in [1.165, 1.54) is 0 Å². The molecule has 2 aromatic heterocycles. The fourth-order valence-electron chi connectivity index (χ4n) is 1.90. The molecule has 3 aromatic rings. The van der Waals surface area contributed by atoms with Gasteiger partial charge in [0, 0.05) is 18.9 Å². The normalized spacial score (nSPS) is 10.8. The zero-order valence-corrected chi connectivity index (χ0v) is 12.2. The topological polar surface area (TPSA) is 17.8 Å². The molecule has 5 heteroatoms. The number of hydrogen-bond donors (Lipinski definition) is 0. The van der Waals surface area contributed by atoms with Crippen LogP contribution in [0, 0.1) is 0 Å². The quantitative estimate of drug-likeness (QED) is 0.668. The maximum atomic E-state index is 6.04. The zero-order valence-electron chi connectivity index (χ0n) is 9.88. The molecule has 0 aliphatic rings. The maximum absolute atomic E-state index is 6.04. The summed E-state index contributed by atoms with van der Waals surface area (Å²) in [6.45, 7) is 0.726. The molecular formula is C14H10Cl2N2S. The van der Waals surface area contributed by atoms with Crippen LogP contribution in [-0.2, 0) is 6.54 Å². The number of thiophene rings is 1. The maximum Gasteiger partial charge on any atom is 0.150 e. The van der Waals surface area contributed by atoms with E-state index < -0.39 is 0 Å². The lowest BCUT2D eigenvalue weighted by molar-refractivity contribution is 0.809. The zero-order chi connectivity index (χ0) is 13.2. The summed E-state index contributed by atoms with van der Waals surface area (Å²) in [6.07, 6.45) is 3.78. The minimum atomic E-state index is 0.578. The van der Waals surface area contributed by atoms with Crippen LogP contribution in [0.15, 0.2) is 48.1 Å². The molecule has 19 heavy (non-hydrogen) atoms. The van der Waals surface area contributed by atoms with Crippen molar-refractivity contribution >= 4 is 34.5 Å². The summed E-state index contributed by atoms with van der Waals surface area (Å²) in [6, 6.07) is 9.78. The van der Waals surface area contributed by atoms with Gasteiger partial charge in [-0.3, -0.25) is 0 Å². The Morgan fingerprint density at radius 1 is 1.16 bits per heavy atom. The number of hydrogen-bond acceptors (Lipinski definition) is 2. The van der Waals surface area contributed by atoms with Crippen molar-refractivity contribution in [2.45, 2.75) is 6.54 Å². The molecule has 3 rings (SSSR count). The molecule has 0 saturated carbocycles. The van der Waals surface area contributed by atoms with E-state index in [2.05, 4.69) is 15.6 Å². The summed E-state index contributed by atoms with van der Waals surface area (Å²) in [4.78, 5) is 5.57. The summed E-state index contributed by atoms with van der Waals surface area (Å²) in [5.74, 6) is 0.973. The van der Waals surface area contributed by atoms with Crippen LogP contribution in [0.5, 0.6) is 0 Å². The van der Waals surface area contributed by atoms with Gasteiger partial charge in [-0.2, -0.15) is 0 Å². The second kappa shape index (κ2) is 5.37. The molecule has 2 nitrogen and oxygen atoms in total. The lowest BCUT2D eigenvalue weighted by Gasteiger charge is -2.07. The Hall–Kier alpha value is -1.29. The number of benzene rings is 1. The second-order valence-corrected chi connectivity index (χ2v) is 5.87. The molecule has 0 saturated heterocycles. The Labute approximate surface area is 125 Å². The van der Waals surface area contributed by atoms with E-state index in [0.29, 0.717) is 10.0 Å². The Balaban J connectivity index is 1.92. The molecule has 0 fully saturated rings. The Bertz CT molecular complexity index is 689. The summed E-state index contributed by atoms with van der Waals surface area (Å²) in [5, 5.41) is 3.21. The van der Waals surface area contributed by atoms with Crippen molar-refractivity contribution in [1.82, 2.24) is 9.55 Å². The van der Waals surface area contributed by atoms with Crippen molar-refractivity contribution in [2.24, 2.45) is 0 Å². The number of halogens is 2. The highest BCUT2D eigenvalue weighted by molar-refractivity contribution is 7.13. The third-order valence-corrected chi connectivity index (χ3v) is 4.40. The minimum Gasteiger partial charge on any atom is -0.326 e. The molecule has 0 N–H and O–H groups in total. The van der Waals surface area contributed by atoms with Gasteiger partial charge in [0.15, 0.2) is 0 Å². The fraction of sp³-hybridized carbons (Fsp3) is 0.0714. The molecule has 2 heterocycles. The fourth-order valence-corrected chi connectivity index (χ4v) is 2.96. The molecule has 0 aliphatic heterocycles. The van der Waals surface area contributed by atoms with Crippen molar-refractivity contribution < 1.29 is 0 Å². The summed E-state index contributed by atoms with van der Waals surface area (Å²) >= 11 is 13.6. The summed E-state index contributed by atoms with van der Waals surface area (Å²) < 4.78 is 2.10. The van der Waals surface area contributed by atoms with E-state index in [0.717, 1.165) is 22.8 Å². The van der Waals surface area contributed by atoms with Gasteiger partial charge in [0.2, 0.25) is 0 Å². The Morgan fingerprint density at radius 2 is 2.05 bits per heavy atom. The standard InChI is InChI=1S/C14H10Cl2N2S/c15-11-4-3-10(8-12(11)16)9-18-6-5-17-14(18)13-2-1-7-19-13/h1-8H,9H2. The summed E-state index contributed by atoms with van der Waals surface area (Å²) in [5.41, 5.74) is 1.10. The molecule has 0 amide bonds. The van der Waals surface area contributed by atoms with Gasteiger partial charge in [0.05, 0.1) is 14.9 Å². The van der Waals surface area contributed by atoms with Crippen LogP contribution in [-0.4, -0.2) is 9.55 Å². The number of nitrogens with zero attached hydrogens (tertiary/aromatic N) is 2. The van der Waals surface area contributed by atoms with Crippen molar-refractivity contribution in [1.29, 1.82) is 0 Å². The molecular weight excluding hydrogens is 299 g/mol. The van der Waals surface area contributed by atoms with Crippen molar-refractivity contribution in [3.05, 3.63) is 63.7 Å². The third kappa shape index (κ3) is 2.68. The molecule has 1 aromatic carbocycles. The number of aromatic nitrogens is 2. The Morgan fingerprint density at radius 3 is 2.79 bits per heavy atom. The third-order valence-electron chi connectivity index (χ3n) is 2.79. The first kappa shape index (κ1) is 12.7. The van der Waals surface area contributed by atoms with Crippen LogP contribution in [0.4, 0.5) is 0 Å². The predicted molar refractivity (Wildman–Crippen MR) is 81.1 cm³/mol. The van der Waals surface area contributed by atoms with Gasteiger partial charge in [-0.25, -0.2) is 4.98 Å². The van der Waals surface area contributed by atoms with Gasteiger partial charge in [-0.1, -0.05) is 35.3 Å². The minimum absolute atomic E-state index is 0.578. The van der Waals surface area contributed by atoms with Gasteiger partial charge >= 0.3 is 0 Å². The number of imidazole rings is 1. The van der Waals surface area contributed by atoms with Gasteiger partial charge < -0.3 is 4.57 Å². The molecule has 0 radical (unpaired) electrons. The van der Waals surface area contributed by atoms with E-state index in [1.807, 2.05) is 42.0 Å². The molecule has 0 aliphatic carbocycles. The van der Waals surface area contributed by atoms with Crippen LogP contribution in [0.2, 0.25) is 10.0 Å². The highest BCUT2D eigenvalue weighted by Crippen LogP contribution is 2.26. The van der Waals surface area contributed by atoms with Gasteiger partial charge in [0.25, 0.3) is 0 Å². The average molecular weight is 309 g/mol. The van der Waals surface area contributed by atoms with Crippen LogP contribution in [0.1, 0.15) is 5.56 Å². The Kier molecular flexibility index (Phi) is 3.60. The van der Waals surface area contributed by atoms with Gasteiger partial charge in [-0.15, -0.1) is 11.3 Å². The van der Waals surface area contributed by atoms with E-state index in [9.17, 15) is 0 Å². The first-order valence-electron chi connectivity index (χ1n) is 5.73. The van der Waals surface area contributed by atoms with Crippen LogP contribution in [0.25, 0.3) is 10.7 Å². The highest BCUT2D eigenvalue weighted by atomic mass is 35.5. The molecule has 0 bridgehead atoms. The molecule has 0 atom stereocenters. The SMILES string of the molecule is Clc1ccc(Cn2ccnc2-c2cccs2)cc1Cl. The van der Waals surface area contributed by atoms with Gasteiger partial charge in [-0.05, 0) is 29.1 Å². The van der Waals surface area contributed by atoms with Crippen molar-refractivity contribution in [3.8, 4) is 10.7 Å². The summed E-state index contributed by atoms with van der Waals surface area (Å²) in [7, 11) is 0.